The van der Waals surface area contributed by atoms with Gasteiger partial charge in [0.25, 0.3) is 12.0 Å². The number of rotatable bonds is 7. The molecule has 106 valence electrons. The monoisotopic (exact) mass is 274 g/mol. The SMILES string of the molecule is O=C(CCn1ccccc1=O)N(CCO)CC(F)F. The maximum atomic E-state index is 12.3. The highest BCUT2D eigenvalue weighted by atomic mass is 19.3. The predicted octanol–water partition coefficient (Wildman–Crippen LogP) is 0.324. The maximum absolute atomic E-state index is 12.3. The molecule has 0 unspecified atom stereocenters. The van der Waals surface area contributed by atoms with E-state index in [0.29, 0.717) is 0 Å². The molecule has 1 amide bonds. The summed E-state index contributed by atoms with van der Waals surface area (Å²) in [6, 6.07) is 4.58. The van der Waals surface area contributed by atoms with Crippen molar-refractivity contribution in [2.45, 2.75) is 19.4 Å². The standard InChI is InChI=1S/C12H16F2N2O3/c13-10(14)9-16(7-8-17)12(19)4-6-15-5-2-1-3-11(15)18/h1-3,5,10,17H,4,6-9H2. The van der Waals surface area contributed by atoms with E-state index in [1.807, 2.05) is 0 Å². The third kappa shape index (κ3) is 5.17. The molecule has 0 fully saturated rings. The van der Waals surface area contributed by atoms with Crippen molar-refractivity contribution in [3.8, 4) is 0 Å². The third-order valence-electron chi connectivity index (χ3n) is 2.55. The van der Waals surface area contributed by atoms with Crippen LogP contribution in [0.15, 0.2) is 29.2 Å². The molecule has 19 heavy (non-hydrogen) atoms. The molecular weight excluding hydrogens is 258 g/mol. The number of amides is 1. The minimum Gasteiger partial charge on any atom is -0.395 e. The van der Waals surface area contributed by atoms with E-state index in [1.165, 1.54) is 16.8 Å². The number of nitrogens with zero attached hydrogens (tertiary/aromatic N) is 2. The van der Waals surface area contributed by atoms with E-state index >= 15 is 0 Å². The second-order valence-electron chi connectivity index (χ2n) is 3.94. The Morgan fingerprint density at radius 2 is 2.16 bits per heavy atom. The van der Waals surface area contributed by atoms with E-state index in [9.17, 15) is 18.4 Å². The first-order chi connectivity index (χ1) is 9.04. The highest BCUT2D eigenvalue weighted by Crippen LogP contribution is 2.02. The Bertz CT molecular complexity index is 462. The molecule has 0 saturated heterocycles. The van der Waals surface area contributed by atoms with Crippen molar-refractivity contribution >= 4 is 5.91 Å². The number of aromatic nitrogens is 1. The zero-order valence-corrected chi connectivity index (χ0v) is 10.3. The summed E-state index contributed by atoms with van der Waals surface area (Å²) < 4.78 is 25.9. The summed E-state index contributed by atoms with van der Waals surface area (Å²) in [5, 5.41) is 8.73. The summed E-state index contributed by atoms with van der Waals surface area (Å²) >= 11 is 0. The first-order valence-electron chi connectivity index (χ1n) is 5.87. The van der Waals surface area contributed by atoms with Gasteiger partial charge in [-0.05, 0) is 6.07 Å². The molecule has 0 saturated carbocycles. The molecule has 0 aliphatic heterocycles. The lowest BCUT2D eigenvalue weighted by atomic mass is 10.3. The molecule has 0 radical (unpaired) electrons. The van der Waals surface area contributed by atoms with Crippen molar-refractivity contribution in [2.24, 2.45) is 0 Å². The van der Waals surface area contributed by atoms with Gasteiger partial charge in [0.1, 0.15) is 0 Å². The molecule has 0 aliphatic carbocycles. The van der Waals surface area contributed by atoms with Gasteiger partial charge in [0, 0.05) is 31.8 Å². The van der Waals surface area contributed by atoms with Crippen LogP contribution in [0.3, 0.4) is 0 Å². The summed E-state index contributed by atoms with van der Waals surface area (Å²) in [6.07, 6.45) is -1.18. The fourth-order valence-electron chi connectivity index (χ4n) is 1.62. The van der Waals surface area contributed by atoms with Gasteiger partial charge in [-0.2, -0.15) is 0 Å². The summed E-state index contributed by atoms with van der Waals surface area (Å²) in [6.45, 7) is -1.08. The molecule has 1 aromatic rings. The lowest BCUT2D eigenvalue weighted by Gasteiger charge is -2.21. The van der Waals surface area contributed by atoms with Crippen molar-refractivity contribution in [2.75, 3.05) is 19.7 Å². The Balaban J connectivity index is 2.57. The van der Waals surface area contributed by atoms with E-state index < -0.39 is 18.9 Å². The van der Waals surface area contributed by atoms with Crippen molar-refractivity contribution in [3.05, 3.63) is 34.7 Å². The van der Waals surface area contributed by atoms with Crippen LogP contribution in [0.2, 0.25) is 0 Å². The van der Waals surface area contributed by atoms with E-state index in [2.05, 4.69) is 0 Å². The average Bonchev–Trinajstić information content (AvgIpc) is 2.36. The zero-order chi connectivity index (χ0) is 14.3. The Hall–Kier alpha value is -1.76. The Kier molecular flexibility index (Phi) is 6.14. The average molecular weight is 274 g/mol. The van der Waals surface area contributed by atoms with Crippen molar-refractivity contribution < 1.29 is 18.7 Å². The molecule has 0 bridgehead atoms. The Morgan fingerprint density at radius 3 is 2.74 bits per heavy atom. The molecule has 0 aromatic carbocycles. The Morgan fingerprint density at radius 1 is 1.42 bits per heavy atom. The summed E-state index contributed by atoms with van der Waals surface area (Å²) in [5.41, 5.74) is -0.252. The van der Waals surface area contributed by atoms with Crippen LogP contribution in [0.25, 0.3) is 0 Å². The zero-order valence-electron chi connectivity index (χ0n) is 10.3. The lowest BCUT2D eigenvalue weighted by Crippen LogP contribution is -2.38. The van der Waals surface area contributed by atoms with Crippen LogP contribution in [-0.2, 0) is 11.3 Å². The predicted molar refractivity (Wildman–Crippen MR) is 65.0 cm³/mol. The quantitative estimate of drug-likeness (QED) is 0.779. The molecule has 0 aliphatic rings. The van der Waals surface area contributed by atoms with Gasteiger partial charge in [0.05, 0.1) is 13.2 Å². The van der Waals surface area contributed by atoms with Gasteiger partial charge in [-0.1, -0.05) is 6.07 Å². The smallest absolute Gasteiger partial charge is 0.255 e. The summed E-state index contributed by atoms with van der Waals surface area (Å²) in [7, 11) is 0. The fraction of sp³-hybridized carbons (Fsp3) is 0.500. The number of carbonyl (C=O) groups excluding carboxylic acids is 1. The summed E-state index contributed by atoms with van der Waals surface area (Å²) in [5.74, 6) is -0.509. The molecule has 1 heterocycles. The lowest BCUT2D eigenvalue weighted by molar-refractivity contribution is -0.133. The van der Waals surface area contributed by atoms with Gasteiger partial charge >= 0.3 is 0 Å². The van der Waals surface area contributed by atoms with Crippen LogP contribution in [0.4, 0.5) is 8.78 Å². The number of hydrogen-bond donors (Lipinski definition) is 1. The molecule has 0 spiro atoms. The number of pyridine rings is 1. The highest BCUT2D eigenvalue weighted by molar-refractivity contribution is 5.76. The molecule has 7 heteroatoms. The van der Waals surface area contributed by atoms with Gasteiger partial charge < -0.3 is 14.6 Å². The number of carbonyl (C=O) groups is 1. The van der Waals surface area contributed by atoms with Crippen molar-refractivity contribution in [1.29, 1.82) is 0 Å². The third-order valence-corrected chi connectivity index (χ3v) is 2.55. The number of aliphatic hydroxyl groups excluding tert-OH is 1. The number of alkyl halides is 2. The van der Waals surface area contributed by atoms with Gasteiger partial charge in [-0.15, -0.1) is 0 Å². The number of aryl methyl sites for hydroxylation is 1. The minimum absolute atomic E-state index is 0.0589. The first kappa shape index (κ1) is 15.3. The van der Waals surface area contributed by atoms with Gasteiger partial charge in [0.2, 0.25) is 5.91 Å². The maximum Gasteiger partial charge on any atom is 0.255 e. The second-order valence-corrected chi connectivity index (χ2v) is 3.94. The molecule has 0 atom stereocenters. The van der Waals surface area contributed by atoms with E-state index in [-0.39, 0.29) is 31.7 Å². The number of hydrogen-bond acceptors (Lipinski definition) is 3. The largest absolute Gasteiger partial charge is 0.395 e. The van der Waals surface area contributed by atoms with Crippen LogP contribution in [0.5, 0.6) is 0 Å². The minimum atomic E-state index is -2.64. The second kappa shape index (κ2) is 7.63. The molecule has 1 aromatic heterocycles. The number of halogens is 2. The molecule has 5 nitrogen and oxygen atoms in total. The van der Waals surface area contributed by atoms with Gasteiger partial charge in [-0.3, -0.25) is 9.59 Å². The highest BCUT2D eigenvalue weighted by Gasteiger charge is 2.17. The molecule has 1 rings (SSSR count). The van der Waals surface area contributed by atoms with Crippen LogP contribution < -0.4 is 5.56 Å². The van der Waals surface area contributed by atoms with Crippen LogP contribution in [0.1, 0.15) is 6.42 Å². The van der Waals surface area contributed by atoms with Crippen LogP contribution in [-0.4, -0.2) is 46.6 Å². The Labute approximate surface area is 109 Å². The number of aliphatic hydroxyl groups is 1. The van der Waals surface area contributed by atoms with E-state index in [4.69, 9.17) is 5.11 Å². The van der Waals surface area contributed by atoms with Crippen molar-refractivity contribution in [3.63, 3.8) is 0 Å². The van der Waals surface area contributed by atoms with Gasteiger partial charge in [0.15, 0.2) is 0 Å². The van der Waals surface area contributed by atoms with E-state index in [0.717, 1.165) is 4.90 Å². The fourth-order valence-corrected chi connectivity index (χ4v) is 1.62. The topological polar surface area (TPSA) is 62.5 Å². The van der Waals surface area contributed by atoms with Crippen LogP contribution in [0, 0.1) is 0 Å². The molecular formula is C12H16F2N2O3. The van der Waals surface area contributed by atoms with Crippen molar-refractivity contribution in [1.82, 2.24) is 9.47 Å². The molecule has 1 N–H and O–H groups in total. The van der Waals surface area contributed by atoms with Gasteiger partial charge in [-0.25, -0.2) is 8.78 Å². The first-order valence-corrected chi connectivity index (χ1v) is 5.87. The van der Waals surface area contributed by atoms with Crippen LogP contribution >= 0.6 is 0 Å². The van der Waals surface area contributed by atoms with E-state index in [1.54, 1.807) is 12.1 Å². The summed E-state index contributed by atoms with van der Waals surface area (Å²) in [4.78, 5) is 24.0. The normalized spacial score (nSPS) is 10.7.